The van der Waals surface area contributed by atoms with Crippen LogP contribution in [0.2, 0.25) is 0 Å². The molecule has 16 heavy (non-hydrogen) atoms. The number of phenols is 1. The standard InChI is InChI=1S/C10H13FO4S/c1-6(12)3-7-4-8(11)10(5-9(7)13)16(2,14)15/h4-6,12-13H,3H2,1-2H3. The van der Waals surface area contributed by atoms with Gasteiger partial charge in [0.2, 0.25) is 0 Å². The average molecular weight is 248 g/mol. The summed E-state index contributed by atoms with van der Waals surface area (Å²) in [5.41, 5.74) is 0.180. The fourth-order valence-electron chi connectivity index (χ4n) is 1.35. The van der Waals surface area contributed by atoms with Crippen LogP contribution in [0.1, 0.15) is 12.5 Å². The van der Waals surface area contributed by atoms with Crippen molar-refractivity contribution < 1.29 is 23.0 Å². The van der Waals surface area contributed by atoms with Crippen molar-refractivity contribution in [2.75, 3.05) is 6.26 Å². The molecule has 0 saturated heterocycles. The van der Waals surface area contributed by atoms with Crippen molar-refractivity contribution in [2.45, 2.75) is 24.3 Å². The molecule has 0 bridgehead atoms. The Balaban J connectivity index is 3.28. The predicted octanol–water partition coefficient (Wildman–Crippen LogP) is 0.858. The Bertz CT molecular complexity index is 494. The van der Waals surface area contributed by atoms with E-state index in [4.69, 9.17) is 5.11 Å². The molecule has 0 heterocycles. The molecule has 0 aliphatic heterocycles. The summed E-state index contributed by atoms with van der Waals surface area (Å²) in [6, 6.07) is 1.79. The summed E-state index contributed by atoms with van der Waals surface area (Å²) >= 11 is 0. The number of aromatic hydroxyl groups is 1. The number of phenolic OH excluding ortho intramolecular Hbond substituents is 1. The number of benzene rings is 1. The third-order valence-corrected chi connectivity index (χ3v) is 3.16. The van der Waals surface area contributed by atoms with Crippen LogP contribution in [0.3, 0.4) is 0 Å². The Morgan fingerprint density at radius 1 is 1.44 bits per heavy atom. The van der Waals surface area contributed by atoms with Crippen LogP contribution in [0.5, 0.6) is 5.75 Å². The van der Waals surface area contributed by atoms with Crippen molar-refractivity contribution in [2.24, 2.45) is 0 Å². The minimum atomic E-state index is -3.70. The van der Waals surface area contributed by atoms with Gasteiger partial charge in [-0.15, -0.1) is 0 Å². The smallest absolute Gasteiger partial charge is 0.178 e. The second-order valence-corrected chi connectivity index (χ2v) is 5.72. The molecule has 0 spiro atoms. The van der Waals surface area contributed by atoms with Crippen molar-refractivity contribution >= 4 is 9.84 Å². The summed E-state index contributed by atoms with van der Waals surface area (Å²) in [6.07, 6.45) is 0.181. The normalized spacial score (nSPS) is 13.8. The lowest BCUT2D eigenvalue weighted by atomic mass is 10.1. The molecule has 0 amide bonds. The third-order valence-electron chi connectivity index (χ3n) is 2.05. The van der Waals surface area contributed by atoms with Crippen LogP contribution < -0.4 is 0 Å². The summed E-state index contributed by atoms with van der Waals surface area (Å²) in [7, 11) is -3.70. The number of sulfone groups is 1. The van der Waals surface area contributed by atoms with E-state index in [1.807, 2.05) is 0 Å². The molecule has 0 aromatic heterocycles. The summed E-state index contributed by atoms with van der Waals surface area (Å²) < 4.78 is 35.7. The van der Waals surface area contributed by atoms with E-state index in [2.05, 4.69) is 0 Å². The Hall–Kier alpha value is -1.14. The Morgan fingerprint density at radius 2 is 2.00 bits per heavy atom. The first kappa shape index (κ1) is 12.9. The van der Waals surface area contributed by atoms with Crippen molar-refractivity contribution in [1.82, 2.24) is 0 Å². The first-order valence-electron chi connectivity index (χ1n) is 4.61. The largest absolute Gasteiger partial charge is 0.508 e. The maximum absolute atomic E-state index is 13.4. The van der Waals surface area contributed by atoms with Crippen LogP contribution in [0.4, 0.5) is 4.39 Å². The van der Waals surface area contributed by atoms with Gasteiger partial charge in [0.15, 0.2) is 9.84 Å². The number of aliphatic hydroxyl groups excluding tert-OH is 1. The van der Waals surface area contributed by atoms with Gasteiger partial charge in [0.1, 0.15) is 16.5 Å². The molecule has 6 heteroatoms. The third kappa shape index (κ3) is 2.93. The van der Waals surface area contributed by atoms with Crippen LogP contribution in [0.15, 0.2) is 17.0 Å². The molecule has 2 N–H and O–H groups in total. The highest BCUT2D eigenvalue weighted by Gasteiger charge is 2.17. The van der Waals surface area contributed by atoms with E-state index in [0.717, 1.165) is 18.4 Å². The Kier molecular flexibility index (Phi) is 3.54. The van der Waals surface area contributed by atoms with Crippen molar-refractivity contribution in [3.63, 3.8) is 0 Å². The fraction of sp³-hybridized carbons (Fsp3) is 0.400. The van der Waals surface area contributed by atoms with E-state index >= 15 is 0 Å². The van der Waals surface area contributed by atoms with Crippen LogP contribution in [-0.2, 0) is 16.3 Å². The first-order valence-corrected chi connectivity index (χ1v) is 6.50. The monoisotopic (exact) mass is 248 g/mol. The summed E-state index contributed by atoms with van der Waals surface area (Å²) in [6.45, 7) is 1.49. The molecule has 1 atom stereocenters. The van der Waals surface area contributed by atoms with E-state index in [1.54, 1.807) is 0 Å². The number of halogens is 1. The zero-order valence-corrected chi connectivity index (χ0v) is 9.75. The Labute approximate surface area is 93.3 Å². The lowest BCUT2D eigenvalue weighted by Gasteiger charge is -2.09. The van der Waals surface area contributed by atoms with Gasteiger partial charge in [-0.05, 0) is 18.6 Å². The molecule has 1 unspecified atom stereocenters. The SMILES string of the molecule is CC(O)Cc1cc(F)c(S(C)(=O)=O)cc1O. The van der Waals surface area contributed by atoms with Gasteiger partial charge in [0.25, 0.3) is 0 Å². The highest BCUT2D eigenvalue weighted by molar-refractivity contribution is 7.90. The zero-order valence-electron chi connectivity index (χ0n) is 8.94. The Morgan fingerprint density at radius 3 is 2.44 bits per heavy atom. The van der Waals surface area contributed by atoms with E-state index < -0.39 is 26.7 Å². The first-order chi connectivity index (χ1) is 7.21. The lowest BCUT2D eigenvalue weighted by molar-refractivity contribution is 0.194. The molecule has 0 aliphatic rings. The van der Waals surface area contributed by atoms with Gasteiger partial charge >= 0.3 is 0 Å². The molecule has 0 aliphatic carbocycles. The molecular weight excluding hydrogens is 235 g/mol. The van der Waals surface area contributed by atoms with Crippen molar-refractivity contribution in [3.05, 3.63) is 23.5 Å². The quantitative estimate of drug-likeness (QED) is 0.832. The van der Waals surface area contributed by atoms with Crippen molar-refractivity contribution in [3.8, 4) is 5.75 Å². The highest BCUT2D eigenvalue weighted by atomic mass is 32.2. The fourth-order valence-corrected chi connectivity index (χ4v) is 2.09. The molecule has 0 fully saturated rings. The van der Waals surface area contributed by atoms with Crippen LogP contribution in [0.25, 0.3) is 0 Å². The van der Waals surface area contributed by atoms with E-state index in [9.17, 15) is 17.9 Å². The lowest BCUT2D eigenvalue weighted by Crippen LogP contribution is -2.07. The van der Waals surface area contributed by atoms with Gasteiger partial charge in [0, 0.05) is 18.7 Å². The molecule has 90 valence electrons. The number of hydrogen-bond donors (Lipinski definition) is 2. The molecule has 4 nitrogen and oxygen atoms in total. The predicted molar refractivity (Wildman–Crippen MR) is 56.6 cm³/mol. The van der Waals surface area contributed by atoms with E-state index in [1.165, 1.54) is 6.92 Å². The minimum absolute atomic E-state index is 0.0623. The van der Waals surface area contributed by atoms with Gasteiger partial charge < -0.3 is 10.2 Å². The summed E-state index contributed by atoms with van der Waals surface area (Å²) in [5, 5.41) is 18.6. The van der Waals surface area contributed by atoms with Crippen molar-refractivity contribution in [1.29, 1.82) is 0 Å². The maximum atomic E-state index is 13.4. The van der Waals surface area contributed by atoms with E-state index in [0.29, 0.717) is 0 Å². The molecule has 1 aromatic carbocycles. The van der Waals surface area contributed by atoms with Gasteiger partial charge in [-0.25, -0.2) is 12.8 Å². The maximum Gasteiger partial charge on any atom is 0.178 e. The van der Waals surface area contributed by atoms with Gasteiger partial charge in [-0.2, -0.15) is 0 Å². The topological polar surface area (TPSA) is 74.6 Å². The highest BCUT2D eigenvalue weighted by Crippen LogP contribution is 2.26. The average Bonchev–Trinajstić information content (AvgIpc) is 2.07. The second kappa shape index (κ2) is 4.39. The van der Waals surface area contributed by atoms with Crippen LogP contribution >= 0.6 is 0 Å². The van der Waals surface area contributed by atoms with Crippen LogP contribution in [-0.4, -0.2) is 31.0 Å². The van der Waals surface area contributed by atoms with E-state index in [-0.39, 0.29) is 17.7 Å². The number of rotatable bonds is 3. The minimum Gasteiger partial charge on any atom is -0.508 e. The number of aliphatic hydroxyl groups is 1. The zero-order chi connectivity index (χ0) is 12.5. The molecule has 0 radical (unpaired) electrons. The second-order valence-electron chi connectivity index (χ2n) is 3.74. The molecule has 0 saturated carbocycles. The molecule has 1 rings (SSSR count). The van der Waals surface area contributed by atoms with Gasteiger partial charge in [-0.1, -0.05) is 0 Å². The molecular formula is C10H13FO4S. The summed E-state index contributed by atoms with van der Waals surface area (Å²) in [5.74, 6) is -1.25. The van der Waals surface area contributed by atoms with Gasteiger partial charge in [-0.3, -0.25) is 0 Å². The molecule has 1 aromatic rings. The number of hydrogen-bond acceptors (Lipinski definition) is 4. The summed E-state index contributed by atoms with van der Waals surface area (Å²) in [4.78, 5) is -0.542. The van der Waals surface area contributed by atoms with Gasteiger partial charge in [0.05, 0.1) is 6.10 Å². The van der Waals surface area contributed by atoms with Crippen LogP contribution in [0, 0.1) is 5.82 Å².